The minimum Gasteiger partial charge on any atom is -0.460 e. The maximum Gasteiger partial charge on any atom is 0.285 e. The summed E-state index contributed by atoms with van der Waals surface area (Å²) in [7, 11) is 0. The van der Waals surface area contributed by atoms with Gasteiger partial charge in [0.2, 0.25) is 0 Å². The molecule has 4 rings (SSSR count). The zero-order chi connectivity index (χ0) is 19.2. The van der Waals surface area contributed by atoms with E-state index in [1.165, 1.54) is 11.1 Å². The quantitative estimate of drug-likeness (QED) is 0.490. The summed E-state index contributed by atoms with van der Waals surface area (Å²) >= 11 is 0. The third-order valence-electron chi connectivity index (χ3n) is 4.95. The van der Waals surface area contributed by atoms with Gasteiger partial charge in [-0.05, 0) is 36.1 Å². The van der Waals surface area contributed by atoms with Gasteiger partial charge in [0, 0.05) is 11.5 Å². The smallest absolute Gasteiger partial charge is 0.285 e. The number of ether oxygens (including phenoxy) is 2. The van der Waals surface area contributed by atoms with Crippen LogP contribution in [0.5, 0.6) is 0 Å². The summed E-state index contributed by atoms with van der Waals surface area (Å²) < 4.78 is 12.3. The second-order valence-corrected chi connectivity index (χ2v) is 6.96. The lowest BCUT2D eigenvalue weighted by Gasteiger charge is -2.27. The van der Waals surface area contributed by atoms with Crippen LogP contribution in [-0.4, -0.2) is 0 Å². The van der Waals surface area contributed by atoms with Crippen molar-refractivity contribution in [3.05, 3.63) is 131 Å². The molecule has 0 amide bonds. The number of hydrogen-bond donors (Lipinski definition) is 0. The molecule has 0 bridgehead atoms. The van der Waals surface area contributed by atoms with E-state index < -0.39 is 0 Å². The molecule has 0 fully saturated rings. The van der Waals surface area contributed by atoms with E-state index in [1.54, 1.807) is 0 Å². The van der Waals surface area contributed by atoms with Crippen molar-refractivity contribution in [2.45, 2.75) is 25.9 Å². The van der Waals surface area contributed by atoms with Crippen molar-refractivity contribution in [3.8, 4) is 0 Å². The van der Waals surface area contributed by atoms with Crippen LogP contribution in [0.15, 0.2) is 114 Å². The first kappa shape index (κ1) is 18.1. The highest BCUT2D eigenvalue weighted by Crippen LogP contribution is 2.39. The van der Waals surface area contributed by atoms with Crippen LogP contribution in [-0.2, 0) is 16.1 Å². The molecule has 3 aromatic carbocycles. The third-order valence-corrected chi connectivity index (χ3v) is 4.95. The largest absolute Gasteiger partial charge is 0.460 e. The molecule has 140 valence electrons. The summed E-state index contributed by atoms with van der Waals surface area (Å²) in [6.45, 7) is 2.46. The molecule has 0 aliphatic carbocycles. The third kappa shape index (κ3) is 4.17. The van der Waals surface area contributed by atoms with Crippen molar-refractivity contribution in [3.63, 3.8) is 0 Å². The number of allylic oxidation sites excluding steroid dienone is 3. The first-order chi connectivity index (χ1) is 13.8. The summed E-state index contributed by atoms with van der Waals surface area (Å²) in [6, 6.07) is 31.3. The molecule has 0 atom stereocenters. The number of benzene rings is 3. The molecule has 1 aliphatic rings. The van der Waals surface area contributed by atoms with E-state index in [2.05, 4.69) is 66.7 Å². The molecule has 0 saturated heterocycles. The van der Waals surface area contributed by atoms with E-state index in [0.717, 1.165) is 23.3 Å². The van der Waals surface area contributed by atoms with Crippen molar-refractivity contribution < 1.29 is 9.47 Å². The van der Waals surface area contributed by atoms with Crippen LogP contribution in [0.1, 0.15) is 36.0 Å². The summed E-state index contributed by atoms with van der Waals surface area (Å²) in [6.07, 6.45) is 2.94. The van der Waals surface area contributed by atoms with Crippen LogP contribution < -0.4 is 0 Å². The van der Waals surface area contributed by atoms with Crippen molar-refractivity contribution in [1.82, 2.24) is 0 Å². The molecule has 0 aromatic heterocycles. The highest BCUT2D eigenvalue weighted by atomic mass is 16.7. The summed E-state index contributed by atoms with van der Waals surface area (Å²) in [5, 5.41) is 0. The minimum atomic E-state index is 0.0949. The monoisotopic (exact) mass is 368 g/mol. The summed E-state index contributed by atoms with van der Waals surface area (Å²) in [5.41, 5.74) is 4.75. The average molecular weight is 368 g/mol. The SMILES string of the molecule is CC1=CCC(C(c2ccccc2)c2ccccc2)=C(OCc2ccccc2)O1. The molecular formula is C26H24O2. The molecular weight excluding hydrogens is 344 g/mol. The van der Waals surface area contributed by atoms with Gasteiger partial charge in [0.1, 0.15) is 12.4 Å². The Morgan fingerprint density at radius 3 is 1.89 bits per heavy atom. The maximum absolute atomic E-state index is 6.19. The van der Waals surface area contributed by atoms with Gasteiger partial charge in [-0.15, -0.1) is 0 Å². The molecule has 2 heteroatoms. The Morgan fingerprint density at radius 2 is 1.32 bits per heavy atom. The van der Waals surface area contributed by atoms with Gasteiger partial charge in [-0.1, -0.05) is 91.0 Å². The molecule has 2 nitrogen and oxygen atoms in total. The Morgan fingerprint density at radius 1 is 0.786 bits per heavy atom. The standard InChI is InChI=1S/C26H24O2/c1-20-17-18-24(26(28-20)27-19-21-11-5-2-6-12-21)25(22-13-7-3-8-14-22)23-15-9-4-10-16-23/h2-17,25H,18-19H2,1H3. The second-order valence-electron chi connectivity index (χ2n) is 6.96. The maximum atomic E-state index is 6.19. The molecule has 3 aromatic rings. The van der Waals surface area contributed by atoms with Gasteiger partial charge in [-0.25, -0.2) is 0 Å². The van der Waals surface area contributed by atoms with Gasteiger partial charge in [0.15, 0.2) is 0 Å². The lowest BCUT2D eigenvalue weighted by Crippen LogP contribution is -2.13. The molecule has 0 radical (unpaired) electrons. The Balaban J connectivity index is 1.72. The van der Waals surface area contributed by atoms with Crippen LogP contribution >= 0.6 is 0 Å². The topological polar surface area (TPSA) is 18.5 Å². The van der Waals surface area contributed by atoms with Crippen LogP contribution in [0.3, 0.4) is 0 Å². The fourth-order valence-electron chi connectivity index (χ4n) is 3.56. The fraction of sp³-hybridized carbons (Fsp3) is 0.154. The van der Waals surface area contributed by atoms with Crippen LogP contribution in [0.25, 0.3) is 0 Å². The van der Waals surface area contributed by atoms with E-state index >= 15 is 0 Å². The predicted octanol–water partition coefficient (Wildman–Crippen LogP) is 6.57. The van der Waals surface area contributed by atoms with Crippen LogP contribution in [0, 0.1) is 0 Å². The highest BCUT2D eigenvalue weighted by Gasteiger charge is 2.26. The van der Waals surface area contributed by atoms with E-state index in [9.17, 15) is 0 Å². The van der Waals surface area contributed by atoms with Gasteiger partial charge < -0.3 is 9.47 Å². The number of rotatable bonds is 6. The molecule has 1 heterocycles. The highest BCUT2D eigenvalue weighted by molar-refractivity contribution is 5.43. The summed E-state index contributed by atoms with van der Waals surface area (Å²) in [4.78, 5) is 0. The van der Waals surface area contributed by atoms with Crippen molar-refractivity contribution in [2.75, 3.05) is 0 Å². The minimum absolute atomic E-state index is 0.0949. The first-order valence-corrected chi connectivity index (χ1v) is 9.65. The Kier molecular flexibility index (Phi) is 5.58. The molecule has 28 heavy (non-hydrogen) atoms. The van der Waals surface area contributed by atoms with Gasteiger partial charge in [0.25, 0.3) is 5.95 Å². The van der Waals surface area contributed by atoms with Gasteiger partial charge in [-0.3, -0.25) is 0 Å². The molecule has 0 N–H and O–H groups in total. The van der Waals surface area contributed by atoms with Crippen LogP contribution in [0.4, 0.5) is 0 Å². The molecule has 0 saturated carbocycles. The van der Waals surface area contributed by atoms with Gasteiger partial charge in [0.05, 0.1) is 0 Å². The first-order valence-electron chi connectivity index (χ1n) is 9.65. The van der Waals surface area contributed by atoms with E-state index in [-0.39, 0.29) is 5.92 Å². The van der Waals surface area contributed by atoms with E-state index in [0.29, 0.717) is 12.6 Å². The number of hydrogen-bond acceptors (Lipinski definition) is 2. The normalized spacial score (nSPS) is 13.9. The molecule has 0 unspecified atom stereocenters. The lowest BCUT2D eigenvalue weighted by molar-refractivity contribution is 0.0505. The van der Waals surface area contributed by atoms with E-state index in [4.69, 9.17) is 9.47 Å². The predicted molar refractivity (Wildman–Crippen MR) is 112 cm³/mol. The van der Waals surface area contributed by atoms with Gasteiger partial charge >= 0.3 is 0 Å². The summed E-state index contributed by atoms with van der Waals surface area (Å²) in [5.74, 6) is 1.60. The second kappa shape index (κ2) is 8.62. The zero-order valence-electron chi connectivity index (χ0n) is 16.0. The zero-order valence-corrected chi connectivity index (χ0v) is 16.0. The van der Waals surface area contributed by atoms with Gasteiger partial charge in [-0.2, -0.15) is 0 Å². The van der Waals surface area contributed by atoms with Crippen molar-refractivity contribution in [2.24, 2.45) is 0 Å². The Hall–Kier alpha value is -3.26. The fourth-order valence-corrected chi connectivity index (χ4v) is 3.56. The van der Waals surface area contributed by atoms with Crippen molar-refractivity contribution in [1.29, 1.82) is 0 Å². The van der Waals surface area contributed by atoms with E-state index in [1.807, 2.05) is 37.3 Å². The van der Waals surface area contributed by atoms with Crippen molar-refractivity contribution >= 4 is 0 Å². The van der Waals surface area contributed by atoms with Crippen LogP contribution in [0.2, 0.25) is 0 Å². The Labute approximate surface area is 166 Å². The molecule has 1 aliphatic heterocycles. The lowest BCUT2D eigenvalue weighted by atomic mass is 9.83. The average Bonchev–Trinajstić information content (AvgIpc) is 2.76. The molecule has 0 spiro atoms. The Bertz CT molecular complexity index is 918.